The zero-order valence-corrected chi connectivity index (χ0v) is 15.3. The summed E-state index contributed by atoms with van der Waals surface area (Å²) in [6.07, 6.45) is 0. The molecule has 3 rings (SSSR count). The number of methoxy groups -OCH3 is 2. The summed E-state index contributed by atoms with van der Waals surface area (Å²) >= 11 is 0. The number of benzene rings is 2. The van der Waals surface area contributed by atoms with Gasteiger partial charge in [0.1, 0.15) is 11.5 Å². The Hall–Kier alpha value is -2.78. The summed E-state index contributed by atoms with van der Waals surface area (Å²) in [6, 6.07) is 9.45. The molecule has 1 aromatic heterocycles. The Labute approximate surface area is 150 Å². The highest BCUT2D eigenvalue weighted by Crippen LogP contribution is 2.28. The third-order valence-electron chi connectivity index (χ3n) is 4.04. The first-order valence-corrected chi connectivity index (χ1v) is 9.15. The van der Waals surface area contributed by atoms with Gasteiger partial charge in [-0.15, -0.1) is 0 Å². The fourth-order valence-electron chi connectivity index (χ4n) is 2.63. The maximum Gasteiger partial charge on any atom is 0.419 e. The van der Waals surface area contributed by atoms with Crippen molar-refractivity contribution in [2.45, 2.75) is 11.4 Å². The van der Waals surface area contributed by atoms with Crippen molar-refractivity contribution in [2.24, 2.45) is 7.05 Å². The standard InChI is InChI=1S/C17H18N2O6S/c1-19-13-8-7-11(9-16(13)25-17(19)20)26(21,22)18-10-12-14(23-2)5-4-6-15(12)24-3/h4-9,18H,10H2,1-3H3. The molecule has 0 aliphatic heterocycles. The monoisotopic (exact) mass is 378 g/mol. The summed E-state index contributed by atoms with van der Waals surface area (Å²) in [4.78, 5) is 11.5. The first kappa shape index (κ1) is 18.0. The Kier molecular flexibility index (Phi) is 4.75. The molecule has 8 nitrogen and oxygen atoms in total. The van der Waals surface area contributed by atoms with E-state index >= 15 is 0 Å². The summed E-state index contributed by atoms with van der Waals surface area (Å²) in [5.41, 5.74) is 1.30. The van der Waals surface area contributed by atoms with Crippen LogP contribution >= 0.6 is 0 Å². The Morgan fingerprint density at radius 2 is 1.77 bits per heavy atom. The van der Waals surface area contributed by atoms with Crippen LogP contribution in [0.4, 0.5) is 0 Å². The first-order valence-electron chi connectivity index (χ1n) is 7.66. The van der Waals surface area contributed by atoms with Crippen molar-refractivity contribution < 1.29 is 22.3 Å². The van der Waals surface area contributed by atoms with Crippen molar-refractivity contribution in [1.82, 2.24) is 9.29 Å². The number of rotatable bonds is 6. The average Bonchev–Trinajstić information content (AvgIpc) is 2.93. The highest BCUT2D eigenvalue weighted by atomic mass is 32.2. The molecule has 0 unspecified atom stereocenters. The summed E-state index contributed by atoms with van der Waals surface area (Å²) < 4.78 is 44.6. The van der Waals surface area contributed by atoms with Crippen molar-refractivity contribution in [3.05, 3.63) is 52.5 Å². The van der Waals surface area contributed by atoms with Crippen LogP contribution < -0.4 is 20.0 Å². The van der Waals surface area contributed by atoms with Crippen LogP contribution in [-0.4, -0.2) is 27.2 Å². The van der Waals surface area contributed by atoms with E-state index < -0.39 is 15.8 Å². The molecule has 1 heterocycles. The van der Waals surface area contributed by atoms with Gasteiger partial charge in [0.15, 0.2) is 5.58 Å². The summed E-state index contributed by atoms with van der Waals surface area (Å²) in [6.45, 7) is -0.0215. The van der Waals surface area contributed by atoms with Gasteiger partial charge in [-0.2, -0.15) is 0 Å². The summed E-state index contributed by atoms with van der Waals surface area (Å²) in [7, 11) is 0.711. The quantitative estimate of drug-likeness (QED) is 0.700. The molecule has 0 saturated carbocycles. The van der Waals surface area contributed by atoms with Crippen LogP contribution in [0.3, 0.4) is 0 Å². The third kappa shape index (κ3) is 3.18. The number of fused-ring (bicyclic) bond motifs is 1. The van der Waals surface area contributed by atoms with Gasteiger partial charge in [0.2, 0.25) is 10.0 Å². The Morgan fingerprint density at radius 1 is 1.12 bits per heavy atom. The molecule has 0 spiro atoms. The van der Waals surface area contributed by atoms with Gasteiger partial charge in [-0.1, -0.05) is 6.07 Å². The lowest BCUT2D eigenvalue weighted by atomic mass is 10.2. The van der Waals surface area contributed by atoms with E-state index in [1.807, 2.05) is 0 Å². The van der Waals surface area contributed by atoms with E-state index in [0.29, 0.717) is 22.6 Å². The van der Waals surface area contributed by atoms with Gasteiger partial charge in [0, 0.05) is 19.7 Å². The lowest BCUT2D eigenvalue weighted by molar-refractivity contribution is 0.384. The first-order chi connectivity index (χ1) is 12.4. The molecule has 0 amide bonds. The van der Waals surface area contributed by atoms with E-state index in [9.17, 15) is 13.2 Å². The zero-order valence-electron chi connectivity index (χ0n) is 14.5. The van der Waals surface area contributed by atoms with E-state index in [4.69, 9.17) is 13.9 Å². The molecular formula is C17H18N2O6S. The number of nitrogens with one attached hydrogen (secondary N) is 1. The minimum Gasteiger partial charge on any atom is -0.496 e. The molecule has 26 heavy (non-hydrogen) atoms. The highest BCUT2D eigenvalue weighted by Gasteiger charge is 2.19. The summed E-state index contributed by atoms with van der Waals surface area (Å²) in [5.74, 6) is 0.467. The van der Waals surface area contributed by atoms with E-state index in [-0.39, 0.29) is 17.0 Å². The molecule has 1 N–H and O–H groups in total. The predicted octanol–water partition coefficient (Wildman–Crippen LogP) is 1.63. The van der Waals surface area contributed by atoms with Gasteiger partial charge < -0.3 is 13.9 Å². The maximum absolute atomic E-state index is 12.6. The van der Waals surface area contributed by atoms with Crippen molar-refractivity contribution in [3.63, 3.8) is 0 Å². The fraction of sp³-hybridized carbons (Fsp3) is 0.235. The van der Waals surface area contributed by atoms with E-state index in [0.717, 1.165) is 0 Å². The van der Waals surface area contributed by atoms with Gasteiger partial charge in [0.05, 0.1) is 30.2 Å². The second-order valence-corrected chi connectivity index (χ2v) is 7.29. The minimum atomic E-state index is -3.84. The lowest BCUT2D eigenvalue weighted by Gasteiger charge is -2.14. The van der Waals surface area contributed by atoms with Crippen molar-refractivity contribution >= 4 is 21.1 Å². The number of hydrogen-bond acceptors (Lipinski definition) is 6. The van der Waals surface area contributed by atoms with Crippen LogP contribution in [0.25, 0.3) is 11.1 Å². The number of oxazole rings is 1. The van der Waals surface area contributed by atoms with E-state index in [1.165, 1.54) is 37.0 Å². The Morgan fingerprint density at radius 3 is 2.38 bits per heavy atom. The number of nitrogens with zero attached hydrogens (tertiary/aromatic N) is 1. The van der Waals surface area contributed by atoms with Crippen LogP contribution in [0, 0.1) is 0 Å². The maximum atomic E-state index is 12.6. The summed E-state index contributed by atoms with van der Waals surface area (Å²) in [5, 5.41) is 0. The van der Waals surface area contributed by atoms with E-state index in [1.54, 1.807) is 25.2 Å². The topological polar surface area (TPSA) is 99.8 Å². The smallest absolute Gasteiger partial charge is 0.419 e. The molecule has 0 bridgehead atoms. The highest BCUT2D eigenvalue weighted by molar-refractivity contribution is 7.89. The fourth-order valence-corrected chi connectivity index (χ4v) is 3.64. The van der Waals surface area contributed by atoms with Crippen molar-refractivity contribution in [3.8, 4) is 11.5 Å². The molecule has 0 aliphatic rings. The molecule has 0 saturated heterocycles. The lowest BCUT2D eigenvalue weighted by Crippen LogP contribution is -2.23. The number of aryl methyl sites for hydroxylation is 1. The Bertz CT molecular complexity index is 1090. The average molecular weight is 378 g/mol. The SMILES string of the molecule is COc1cccc(OC)c1CNS(=O)(=O)c1ccc2c(c1)oc(=O)n2C. The largest absolute Gasteiger partial charge is 0.496 e. The molecule has 0 fully saturated rings. The number of aromatic nitrogens is 1. The molecule has 0 atom stereocenters. The second-order valence-electron chi connectivity index (χ2n) is 5.52. The second kappa shape index (κ2) is 6.85. The predicted molar refractivity (Wildman–Crippen MR) is 95.0 cm³/mol. The van der Waals surface area contributed by atoms with Crippen LogP contribution in [-0.2, 0) is 23.6 Å². The molecule has 3 aromatic rings. The molecule has 9 heteroatoms. The molecule has 138 valence electrons. The molecule has 0 radical (unpaired) electrons. The third-order valence-corrected chi connectivity index (χ3v) is 5.44. The van der Waals surface area contributed by atoms with Gasteiger partial charge in [0.25, 0.3) is 0 Å². The Balaban J connectivity index is 1.92. The van der Waals surface area contributed by atoms with Gasteiger partial charge in [-0.25, -0.2) is 17.9 Å². The van der Waals surface area contributed by atoms with Crippen LogP contribution in [0.15, 0.2) is 50.5 Å². The van der Waals surface area contributed by atoms with Crippen LogP contribution in [0.5, 0.6) is 11.5 Å². The van der Waals surface area contributed by atoms with Gasteiger partial charge >= 0.3 is 5.76 Å². The minimum absolute atomic E-state index is 0.00628. The molecule has 2 aromatic carbocycles. The van der Waals surface area contributed by atoms with Crippen LogP contribution in [0.1, 0.15) is 5.56 Å². The number of sulfonamides is 1. The van der Waals surface area contributed by atoms with Crippen LogP contribution in [0.2, 0.25) is 0 Å². The van der Waals surface area contributed by atoms with E-state index in [2.05, 4.69) is 4.72 Å². The van der Waals surface area contributed by atoms with Crippen molar-refractivity contribution in [1.29, 1.82) is 0 Å². The van der Waals surface area contributed by atoms with Gasteiger partial charge in [-0.05, 0) is 24.3 Å². The molecular weight excluding hydrogens is 360 g/mol. The normalized spacial score (nSPS) is 11.7. The zero-order chi connectivity index (χ0) is 18.9. The van der Waals surface area contributed by atoms with Crippen molar-refractivity contribution in [2.75, 3.05) is 14.2 Å². The number of ether oxygens (including phenoxy) is 2. The number of hydrogen-bond donors (Lipinski definition) is 1. The molecule has 0 aliphatic carbocycles. The van der Waals surface area contributed by atoms with Gasteiger partial charge in [-0.3, -0.25) is 4.57 Å².